The lowest BCUT2D eigenvalue weighted by molar-refractivity contribution is 0.345. The number of aryl methyl sites for hydroxylation is 3. The van der Waals surface area contributed by atoms with Crippen LogP contribution in [0.4, 0.5) is 5.69 Å². The van der Waals surface area contributed by atoms with E-state index >= 15 is 0 Å². The maximum atomic E-state index is 13.1. The molecule has 0 saturated carbocycles. The Morgan fingerprint density at radius 2 is 1.72 bits per heavy atom. The molecule has 0 aliphatic carbocycles. The topological polar surface area (TPSA) is 81.8 Å². The molecule has 3 rings (SSSR count). The summed E-state index contributed by atoms with van der Waals surface area (Å²) >= 11 is 0. The maximum absolute atomic E-state index is 13.1. The van der Waals surface area contributed by atoms with Gasteiger partial charge in [-0.25, -0.2) is 8.42 Å². The van der Waals surface area contributed by atoms with Crippen molar-refractivity contribution in [1.29, 1.82) is 0 Å². The number of hydrogen-bond acceptors (Lipinski definition) is 4. The third-order valence-electron chi connectivity index (χ3n) is 4.74. The standard InChI is InChI=1S/C21H29N5O2S/c1-14-11-15(2)25(22-14)13-18-9-8-10-19(12-18)24-29(27,28)20-16(3)23-26(17(20)4)21(5,6)7/h8-12,24H,13H2,1-7H3. The van der Waals surface area contributed by atoms with Gasteiger partial charge in [-0.05, 0) is 72.2 Å². The number of benzene rings is 1. The van der Waals surface area contributed by atoms with Gasteiger partial charge in [0.25, 0.3) is 10.0 Å². The van der Waals surface area contributed by atoms with Gasteiger partial charge in [-0.15, -0.1) is 0 Å². The fraction of sp³-hybridized carbons (Fsp3) is 0.429. The minimum absolute atomic E-state index is 0.233. The molecule has 1 N–H and O–H groups in total. The summed E-state index contributed by atoms with van der Waals surface area (Å²) in [4.78, 5) is 0.233. The summed E-state index contributed by atoms with van der Waals surface area (Å²) in [6.07, 6.45) is 0. The average Bonchev–Trinajstić information content (AvgIpc) is 3.05. The highest BCUT2D eigenvalue weighted by atomic mass is 32.2. The van der Waals surface area contributed by atoms with Crippen LogP contribution in [0.3, 0.4) is 0 Å². The number of nitrogens with one attached hydrogen (secondary N) is 1. The van der Waals surface area contributed by atoms with E-state index in [0.29, 0.717) is 23.6 Å². The van der Waals surface area contributed by atoms with Crippen molar-refractivity contribution < 1.29 is 8.42 Å². The van der Waals surface area contributed by atoms with Gasteiger partial charge in [-0.2, -0.15) is 10.2 Å². The average molecular weight is 416 g/mol. The second kappa shape index (κ2) is 7.33. The van der Waals surface area contributed by atoms with Crippen molar-refractivity contribution in [1.82, 2.24) is 19.6 Å². The Labute approximate surface area is 172 Å². The van der Waals surface area contributed by atoms with Crippen LogP contribution in [0, 0.1) is 27.7 Å². The van der Waals surface area contributed by atoms with E-state index in [0.717, 1.165) is 17.0 Å². The molecule has 0 spiro atoms. The van der Waals surface area contributed by atoms with Gasteiger partial charge in [0.15, 0.2) is 0 Å². The van der Waals surface area contributed by atoms with Crippen LogP contribution in [0.15, 0.2) is 35.2 Å². The molecule has 3 aromatic rings. The number of sulfonamides is 1. The normalized spacial score (nSPS) is 12.4. The summed E-state index contributed by atoms with van der Waals surface area (Å²) in [5.41, 5.74) is 4.32. The first-order chi connectivity index (χ1) is 13.4. The third kappa shape index (κ3) is 4.37. The molecule has 2 heterocycles. The quantitative estimate of drug-likeness (QED) is 0.685. The van der Waals surface area contributed by atoms with Crippen molar-refractivity contribution in [3.05, 3.63) is 58.7 Å². The second-order valence-electron chi connectivity index (χ2n) is 8.47. The molecule has 0 amide bonds. The molecule has 156 valence electrons. The lowest BCUT2D eigenvalue weighted by Crippen LogP contribution is -2.25. The van der Waals surface area contributed by atoms with Crippen LogP contribution in [0.5, 0.6) is 0 Å². The number of rotatable bonds is 5. The number of nitrogens with zero attached hydrogens (tertiary/aromatic N) is 4. The van der Waals surface area contributed by atoms with Gasteiger partial charge in [0.1, 0.15) is 4.90 Å². The Kier molecular flexibility index (Phi) is 5.34. The summed E-state index contributed by atoms with van der Waals surface area (Å²) < 4.78 is 32.6. The maximum Gasteiger partial charge on any atom is 0.265 e. The molecule has 0 radical (unpaired) electrons. The molecule has 7 nitrogen and oxygen atoms in total. The monoisotopic (exact) mass is 415 g/mol. The van der Waals surface area contributed by atoms with Crippen LogP contribution in [0.1, 0.15) is 49.1 Å². The summed E-state index contributed by atoms with van der Waals surface area (Å²) in [5, 5.41) is 8.93. The lowest BCUT2D eigenvalue weighted by atomic mass is 10.1. The van der Waals surface area contributed by atoms with Gasteiger partial charge < -0.3 is 0 Å². The molecule has 1 aromatic carbocycles. The van der Waals surface area contributed by atoms with Gasteiger partial charge in [-0.1, -0.05) is 12.1 Å². The van der Waals surface area contributed by atoms with Crippen LogP contribution in [0.25, 0.3) is 0 Å². The van der Waals surface area contributed by atoms with Gasteiger partial charge in [0.05, 0.1) is 29.2 Å². The molecule has 29 heavy (non-hydrogen) atoms. The second-order valence-corrected chi connectivity index (χ2v) is 10.1. The highest BCUT2D eigenvalue weighted by molar-refractivity contribution is 7.92. The van der Waals surface area contributed by atoms with Crippen molar-refractivity contribution in [2.45, 2.75) is 65.4 Å². The SMILES string of the molecule is Cc1cc(C)n(Cc2cccc(NS(=O)(=O)c3c(C)nn(C(C)(C)C)c3C)c2)n1. The Bertz CT molecular complexity index is 1150. The predicted octanol–water partition coefficient (Wildman–Crippen LogP) is 3.92. The van der Waals surface area contributed by atoms with Gasteiger partial charge in [-0.3, -0.25) is 14.1 Å². The summed E-state index contributed by atoms with van der Waals surface area (Å²) in [6.45, 7) is 14.1. The van der Waals surface area contributed by atoms with E-state index in [4.69, 9.17) is 0 Å². The highest BCUT2D eigenvalue weighted by Crippen LogP contribution is 2.27. The van der Waals surface area contributed by atoms with E-state index in [2.05, 4.69) is 14.9 Å². The summed E-state index contributed by atoms with van der Waals surface area (Å²) in [5.74, 6) is 0. The van der Waals surface area contributed by atoms with Crippen LogP contribution < -0.4 is 4.72 Å². The Morgan fingerprint density at radius 1 is 1.03 bits per heavy atom. The highest BCUT2D eigenvalue weighted by Gasteiger charge is 2.28. The third-order valence-corrected chi connectivity index (χ3v) is 6.38. The number of hydrogen-bond donors (Lipinski definition) is 1. The van der Waals surface area contributed by atoms with Crippen molar-refractivity contribution in [3.63, 3.8) is 0 Å². The summed E-state index contributed by atoms with van der Waals surface area (Å²) in [6, 6.07) is 9.42. The molecule has 0 aliphatic heterocycles. The number of anilines is 1. The predicted molar refractivity (Wildman–Crippen MR) is 115 cm³/mol. The zero-order valence-electron chi connectivity index (χ0n) is 18.1. The molecule has 8 heteroatoms. The van der Waals surface area contributed by atoms with Crippen LogP contribution >= 0.6 is 0 Å². The van der Waals surface area contributed by atoms with Crippen LogP contribution in [-0.4, -0.2) is 28.0 Å². The van der Waals surface area contributed by atoms with Gasteiger partial charge in [0, 0.05) is 11.4 Å². The largest absolute Gasteiger partial charge is 0.280 e. The van der Waals surface area contributed by atoms with Crippen LogP contribution in [-0.2, 0) is 22.1 Å². The molecule has 0 atom stereocenters. The van der Waals surface area contributed by atoms with E-state index in [9.17, 15) is 8.42 Å². The smallest absolute Gasteiger partial charge is 0.265 e. The molecule has 2 aromatic heterocycles. The Hall–Kier alpha value is -2.61. The van der Waals surface area contributed by atoms with E-state index in [1.54, 1.807) is 24.6 Å². The molecular weight excluding hydrogens is 386 g/mol. The zero-order valence-corrected chi connectivity index (χ0v) is 18.9. The minimum Gasteiger partial charge on any atom is -0.280 e. The first-order valence-electron chi connectivity index (χ1n) is 9.58. The Morgan fingerprint density at radius 3 is 2.28 bits per heavy atom. The van der Waals surface area contributed by atoms with E-state index in [-0.39, 0.29) is 10.4 Å². The van der Waals surface area contributed by atoms with E-state index < -0.39 is 10.0 Å². The van der Waals surface area contributed by atoms with Gasteiger partial charge in [0.2, 0.25) is 0 Å². The molecule has 0 saturated heterocycles. The molecule has 0 unspecified atom stereocenters. The zero-order chi connectivity index (χ0) is 21.6. The number of aromatic nitrogens is 4. The lowest BCUT2D eigenvalue weighted by Gasteiger charge is -2.21. The van der Waals surface area contributed by atoms with Crippen molar-refractivity contribution in [2.75, 3.05) is 4.72 Å². The summed E-state index contributed by atoms with van der Waals surface area (Å²) in [7, 11) is -3.76. The molecule has 0 bridgehead atoms. The molecule has 0 aliphatic rings. The fourth-order valence-electron chi connectivity index (χ4n) is 3.62. The van der Waals surface area contributed by atoms with Crippen molar-refractivity contribution in [2.24, 2.45) is 0 Å². The molecular formula is C21H29N5O2S. The first-order valence-corrected chi connectivity index (χ1v) is 11.1. The van der Waals surface area contributed by atoms with Gasteiger partial charge >= 0.3 is 0 Å². The minimum atomic E-state index is -3.76. The first kappa shape index (κ1) is 21.1. The van der Waals surface area contributed by atoms with E-state index in [1.807, 2.05) is 63.6 Å². The van der Waals surface area contributed by atoms with E-state index in [1.165, 1.54) is 0 Å². The van der Waals surface area contributed by atoms with Crippen molar-refractivity contribution in [3.8, 4) is 0 Å². The fourth-order valence-corrected chi connectivity index (χ4v) is 5.06. The molecule has 0 fully saturated rings. The van der Waals surface area contributed by atoms with Crippen LogP contribution in [0.2, 0.25) is 0 Å². The van der Waals surface area contributed by atoms with Crippen molar-refractivity contribution >= 4 is 15.7 Å². The Balaban J connectivity index is 1.90.